The summed E-state index contributed by atoms with van der Waals surface area (Å²) in [5.74, 6) is -0.305. The summed E-state index contributed by atoms with van der Waals surface area (Å²) in [5.41, 5.74) is 3.28. The van der Waals surface area contributed by atoms with Gasteiger partial charge in [0.2, 0.25) is 5.91 Å². The maximum Gasteiger partial charge on any atom is 0.261 e. The third kappa shape index (κ3) is 6.57. The summed E-state index contributed by atoms with van der Waals surface area (Å²) < 4.78 is 33.8. The number of benzene rings is 3. The Bertz CT molecular complexity index is 1290. The van der Waals surface area contributed by atoms with Crippen LogP contribution in [-0.2, 0) is 22.6 Å². The minimum atomic E-state index is -0.753. The van der Waals surface area contributed by atoms with E-state index in [4.69, 9.17) is 4.74 Å². The molecule has 38 heavy (non-hydrogen) atoms. The Kier molecular flexibility index (Phi) is 8.77. The zero-order chi connectivity index (χ0) is 27.2. The fourth-order valence-corrected chi connectivity index (χ4v) is 4.87. The third-order valence-electron chi connectivity index (χ3n) is 6.71. The van der Waals surface area contributed by atoms with Crippen LogP contribution in [0.25, 0.3) is 0 Å². The maximum atomic E-state index is 14.2. The molecule has 1 aliphatic rings. The average molecular weight is 521 g/mol. The van der Waals surface area contributed by atoms with Gasteiger partial charge in [0, 0.05) is 19.5 Å². The van der Waals surface area contributed by atoms with E-state index in [1.165, 1.54) is 24.3 Å². The van der Waals surface area contributed by atoms with E-state index in [0.29, 0.717) is 42.7 Å². The van der Waals surface area contributed by atoms with Crippen molar-refractivity contribution in [3.63, 3.8) is 0 Å². The fourth-order valence-electron chi connectivity index (χ4n) is 4.87. The SMILES string of the molecule is CC[C@H](Oc1ccc2c(c1)[C@H](c1cccc(F)c1)N(C(=O)CC(C)C)CC2)C(=O)NCc1cccc(F)c1. The topological polar surface area (TPSA) is 58.6 Å². The van der Waals surface area contributed by atoms with Crippen LogP contribution in [0.15, 0.2) is 66.7 Å². The summed E-state index contributed by atoms with van der Waals surface area (Å²) in [6.07, 6.45) is 0.756. The van der Waals surface area contributed by atoms with Gasteiger partial charge >= 0.3 is 0 Å². The fraction of sp³-hybridized carbons (Fsp3) is 0.355. The number of amides is 2. The molecular formula is C31H34F2N2O3. The van der Waals surface area contributed by atoms with Gasteiger partial charge in [0.1, 0.15) is 17.4 Å². The highest BCUT2D eigenvalue weighted by Crippen LogP contribution is 2.38. The summed E-state index contributed by atoms with van der Waals surface area (Å²) in [6.45, 7) is 6.59. The molecule has 1 aliphatic heterocycles. The number of ether oxygens (including phenoxy) is 1. The lowest BCUT2D eigenvalue weighted by atomic mass is 9.87. The van der Waals surface area contributed by atoms with Crippen LogP contribution in [0.5, 0.6) is 5.75 Å². The molecular weight excluding hydrogens is 486 g/mol. The molecule has 0 bridgehead atoms. The minimum absolute atomic E-state index is 0.0226. The van der Waals surface area contributed by atoms with Crippen molar-refractivity contribution in [2.45, 2.75) is 58.7 Å². The number of nitrogens with zero attached hydrogens (tertiary/aromatic N) is 1. The van der Waals surface area contributed by atoms with E-state index in [1.54, 1.807) is 18.2 Å². The number of carbonyl (C=O) groups excluding carboxylic acids is 2. The van der Waals surface area contributed by atoms with Crippen LogP contribution in [0.1, 0.15) is 61.9 Å². The molecule has 0 saturated heterocycles. The monoisotopic (exact) mass is 520 g/mol. The van der Waals surface area contributed by atoms with Crippen molar-refractivity contribution in [1.29, 1.82) is 0 Å². The van der Waals surface area contributed by atoms with Crippen LogP contribution in [-0.4, -0.2) is 29.4 Å². The summed E-state index contributed by atoms with van der Waals surface area (Å²) >= 11 is 0. The van der Waals surface area contributed by atoms with Crippen molar-refractivity contribution in [1.82, 2.24) is 10.2 Å². The van der Waals surface area contributed by atoms with Crippen molar-refractivity contribution in [3.8, 4) is 5.75 Å². The van der Waals surface area contributed by atoms with Gasteiger partial charge in [0.05, 0.1) is 6.04 Å². The van der Waals surface area contributed by atoms with E-state index in [2.05, 4.69) is 5.32 Å². The van der Waals surface area contributed by atoms with Crippen LogP contribution < -0.4 is 10.1 Å². The maximum absolute atomic E-state index is 14.2. The zero-order valence-electron chi connectivity index (χ0n) is 22.0. The lowest BCUT2D eigenvalue weighted by Crippen LogP contribution is -2.41. The van der Waals surface area contributed by atoms with Gasteiger partial charge in [-0.2, -0.15) is 0 Å². The minimum Gasteiger partial charge on any atom is -0.481 e. The van der Waals surface area contributed by atoms with E-state index < -0.39 is 12.1 Å². The summed E-state index contributed by atoms with van der Waals surface area (Å²) in [4.78, 5) is 27.9. The number of halogens is 2. The van der Waals surface area contributed by atoms with E-state index in [9.17, 15) is 18.4 Å². The third-order valence-corrected chi connectivity index (χ3v) is 6.71. The van der Waals surface area contributed by atoms with Crippen molar-refractivity contribution >= 4 is 11.8 Å². The molecule has 0 aliphatic carbocycles. The largest absolute Gasteiger partial charge is 0.481 e. The van der Waals surface area contributed by atoms with E-state index >= 15 is 0 Å². The molecule has 7 heteroatoms. The number of hydrogen-bond donors (Lipinski definition) is 1. The quantitative estimate of drug-likeness (QED) is 0.379. The lowest BCUT2D eigenvalue weighted by molar-refractivity contribution is -0.134. The molecule has 0 fully saturated rings. The Balaban J connectivity index is 1.58. The number of hydrogen-bond acceptors (Lipinski definition) is 3. The van der Waals surface area contributed by atoms with E-state index in [0.717, 1.165) is 11.1 Å². The summed E-state index contributed by atoms with van der Waals surface area (Å²) in [6, 6.07) is 17.6. The Morgan fingerprint density at radius 3 is 2.45 bits per heavy atom. The molecule has 200 valence electrons. The van der Waals surface area contributed by atoms with Gasteiger partial charge in [0.25, 0.3) is 5.91 Å². The van der Waals surface area contributed by atoms with Gasteiger partial charge in [-0.1, -0.05) is 51.1 Å². The van der Waals surface area contributed by atoms with Crippen molar-refractivity contribution in [2.24, 2.45) is 5.92 Å². The van der Waals surface area contributed by atoms with Crippen LogP contribution in [0, 0.1) is 17.6 Å². The number of fused-ring (bicyclic) bond motifs is 1. The molecule has 1 heterocycles. The first-order valence-electron chi connectivity index (χ1n) is 13.1. The van der Waals surface area contributed by atoms with Gasteiger partial charge in [-0.15, -0.1) is 0 Å². The summed E-state index contributed by atoms with van der Waals surface area (Å²) in [5, 5.41) is 2.82. The predicted molar refractivity (Wildman–Crippen MR) is 143 cm³/mol. The molecule has 0 spiro atoms. The van der Waals surface area contributed by atoms with Gasteiger partial charge in [-0.25, -0.2) is 8.78 Å². The highest BCUT2D eigenvalue weighted by Gasteiger charge is 2.33. The van der Waals surface area contributed by atoms with Crippen LogP contribution in [0.2, 0.25) is 0 Å². The number of nitrogens with one attached hydrogen (secondary N) is 1. The van der Waals surface area contributed by atoms with E-state index in [-0.39, 0.29) is 35.9 Å². The van der Waals surface area contributed by atoms with Crippen molar-refractivity contribution in [2.75, 3.05) is 6.54 Å². The van der Waals surface area contributed by atoms with Crippen molar-refractivity contribution < 1.29 is 23.1 Å². The van der Waals surface area contributed by atoms with E-state index in [1.807, 2.05) is 49.9 Å². The molecule has 4 rings (SSSR count). The molecule has 3 aromatic rings. The van der Waals surface area contributed by atoms with Crippen LogP contribution >= 0.6 is 0 Å². The van der Waals surface area contributed by atoms with Gasteiger partial charge in [-0.3, -0.25) is 9.59 Å². The second kappa shape index (κ2) is 12.2. The normalized spacial score (nSPS) is 15.6. The number of carbonyl (C=O) groups is 2. The molecule has 0 radical (unpaired) electrons. The Morgan fingerprint density at radius 2 is 1.76 bits per heavy atom. The summed E-state index contributed by atoms with van der Waals surface area (Å²) in [7, 11) is 0. The number of rotatable bonds is 9. The smallest absolute Gasteiger partial charge is 0.261 e. The second-order valence-electron chi connectivity index (χ2n) is 10.1. The Labute approximate surface area is 222 Å². The first-order chi connectivity index (χ1) is 18.2. The molecule has 2 amide bonds. The average Bonchev–Trinajstić information content (AvgIpc) is 2.89. The lowest BCUT2D eigenvalue weighted by Gasteiger charge is -2.38. The highest BCUT2D eigenvalue weighted by atomic mass is 19.1. The molecule has 2 atom stereocenters. The first-order valence-corrected chi connectivity index (χ1v) is 13.1. The molecule has 3 aromatic carbocycles. The van der Waals surface area contributed by atoms with Crippen molar-refractivity contribution in [3.05, 3.63) is 101 Å². The Hall–Kier alpha value is -3.74. The van der Waals surface area contributed by atoms with Crippen LogP contribution in [0.3, 0.4) is 0 Å². The van der Waals surface area contributed by atoms with Gasteiger partial charge in [-0.05, 0) is 77.4 Å². The zero-order valence-corrected chi connectivity index (χ0v) is 22.0. The first kappa shape index (κ1) is 27.3. The highest BCUT2D eigenvalue weighted by molar-refractivity contribution is 5.81. The molecule has 0 saturated carbocycles. The molecule has 1 N–H and O–H groups in total. The molecule has 0 aromatic heterocycles. The van der Waals surface area contributed by atoms with Gasteiger partial charge in [0.15, 0.2) is 6.10 Å². The molecule has 5 nitrogen and oxygen atoms in total. The van der Waals surface area contributed by atoms with Crippen LogP contribution in [0.4, 0.5) is 8.78 Å². The second-order valence-corrected chi connectivity index (χ2v) is 10.1. The Morgan fingerprint density at radius 1 is 1.03 bits per heavy atom. The van der Waals surface area contributed by atoms with Gasteiger partial charge < -0.3 is 15.0 Å². The molecule has 0 unspecified atom stereocenters. The predicted octanol–water partition coefficient (Wildman–Crippen LogP) is 5.96. The standard InChI is InChI=1S/C31H34F2N2O3/c1-4-28(31(37)34-19-21-7-5-9-24(32)16-21)38-26-12-11-22-13-14-35(29(36)15-20(2)3)30(27(22)18-26)23-8-6-10-25(33)17-23/h5-12,16-18,20,28,30H,4,13-15,19H2,1-3H3,(H,34,37)/t28-,30-/m0/s1.